The molecule has 0 aromatic carbocycles. The molecule has 0 spiro atoms. The van der Waals surface area contributed by atoms with Crippen LogP contribution in [0.5, 0.6) is 0 Å². The average Bonchev–Trinajstić information content (AvgIpc) is 3.23. The van der Waals surface area contributed by atoms with Gasteiger partial charge in [0.25, 0.3) is 0 Å². The van der Waals surface area contributed by atoms with E-state index in [0.717, 1.165) is 38.5 Å². The lowest BCUT2D eigenvalue weighted by atomic mass is 9.98. The van der Waals surface area contributed by atoms with Gasteiger partial charge in [-0.2, -0.15) is 0 Å². The molecule has 6 N–H and O–H groups in total. The van der Waals surface area contributed by atoms with Gasteiger partial charge in [0.15, 0.2) is 6.29 Å². The molecule has 1 heterocycles. The lowest BCUT2D eigenvalue weighted by Crippen LogP contribution is -2.58. The van der Waals surface area contributed by atoms with Crippen LogP contribution >= 0.6 is 0 Å². The van der Waals surface area contributed by atoms with Crippen molar-refractivity contribution in [2.24, 2.45) is 0 Å². The Kier molecular flexibility index (Phi) is 38.1. The van der Waals surface area contributed by atoms with E-state index in [4.69, 9.17) is 9.47 Å². The summed E-state index contributed by atoms with van der Waals surface area (Å²) >= 11 is 0. The molecule has 9 heteroatoms. The standard InChI is InChI=1S/C50H99NO8/c1-4-6-8-10-12-14-16-18-19-20-21-22-23-24-25-26-27-28-30-32-34-36-38-40-45(53)51-43(41-58-50-49(57)48(56)46(54)42(3)59-50)47(55)44(52)39-37-35-33-31-29-17-15-13-11-9-7-5-2/h42-44,46-50,52,54-57H,4-41H2,1-3H3,(H,51,53)/t42-,43?,44+,46-,47-,48-,49+,50-/m0/s1. The fourth-order valence-corrected chi connectivity index (χ4v) is 8.56. The molecule has 0 aliphatic carbocycles. The summed E-state index contributed by atoms with van der Waals surface area (Å²) in [5.41, 5.74) is 0. The number of ether oxygens (including phenoxy) is 2. The van der Waals surface area contributed by atoms with E-state index in [9.17, 15) is 30.3 Å². The van der Waals surface area contributed by atoms with Crippen LogP contribution in [-0.2, 0) is 14.3 Å². The monoisotopic (exact) mass is 842 g/mol. The maximum atomic E-state index is 13.0. The fraction of sp³-hybridized carbons (Fsp3) is 0.980. The zero-order chi connectivity index (χ0) is 43.2. The zero-order valence-electron chi connectivity index (χ0n) is 38.9. The lowest BCUT2D eigenvalue weighted by Gasteiger charge is -2.39. The van der Waals surface area contributed by atoms with Crippen LogP contribution in [-0.4, -0.2) is 87.0 Å². The number of aliphatic hydroxyl groups excluding tert-OH is 5. The molecule has 1 saturated heterocycles. The molecule has 0 radical (unpaired) electrons. The number of nitrogens with one attached hydrogen (secondary N) is 1. The number of carbonyl (C=O) groups is 1. The maximum absolute atomic E-state index is 13.0. The molecule has 0 aromatic rings. The summed E-state index contributed by atoms with van der Waals surface area (Å²) in [7, 11) is 0. The highest BCUT2D eigenvalue weighted by Gasteiger charge is 2.43. The van der Waals surface area contributed by atoms with Crippen molar-refractivity contribution < 1.29 is 39.8 Å². The third kappa shape index (κ3) is 30.8. The van der Waals surface area contributed by atoms with E-state index in [1.54, 1.807) is 6.92 Å². The summed E-state index contributed by atoms with van der Waals surface area (Å²) in [6, 6.07) is -0.922. The molecular weight excluding hydrogens is 743 g/mol. The molecule has 1 aliphatic heterocycles. The third-order valence-corrected chi connectivity index (χ3v) is 12.8. The fourth-order valence-electron chi connectivity index (χ4n) is 8.56. The van der Waals surface area contributed by atoms with Crippen molar-refractivity contribution in [2.45, 2.75) is 307 Å². The van der Waals surface area contributed by atoms with Gasteiger partial charge in [-0.1, -0.05) is 232 Å². The van der Waals surface area contributed by atoms with E-state index in [1.807, 2.05) is 0 Å². The summed E-state index contributed by atoms with van der Waals surface area (Å²) in [5, 5.41) is 55.7. The van der Waals surface area contributed by atoms with Crippen molar-refractivity contribution in [2.75, 3.05) is 6.61 Å². The number of carbonyl (C=O) groups excluding carboxylic acids is 1. The average molecular weight is 842 g/mol. The quantitative estimate of drug-likeness (QED) is 0.0332. The molecule has 0 saturated carbocycles. The first-order valence-electron chi connectivity index (χ1n) is 25.7. The van der Waals surface area contributed by atoms with Crippen molar-refractivity contribution in [1.82, 2.24) is 5.32 Å². The number of aliphatic hydroxyl groups is 5. The molecule has 0 aromatic heterocycles. The minimum absolute atomic E-state index is 0.215. The van der Waals surface area contributed by atoms with Gasteiger partial charge in [0.1, 0.15) is 24.4 Å². The normalized spacial score (nSPS) is 21.1. The van der Waals surface area contributed by atoms with Crippen molar-refractivity contribution in [3.05, 3.63) is 0 Å². The summed E-state index contributed by atoms with van der Waals surface area (Å²) in [4.78, 5) is 13.0. The Bertz CT molecular complexity index is 910. The van der Waals surface area contributed by atoms with Gasteiger partial charge in [0.05, 0.1) is 24.9 Å². The Balaban J connectivity index is 2.23. The second-order valence-electron chi connectivity index (χ2n) is 18.5. The topological polar surface area (TPSA) is 149 Å². The van der Waals surface area contributed by atoms with E-state index in [0.29, 0.717) is 12.8 Å². The van der Waals surface area contributed by atoms with Crippen LogP contribution in [0.25, 0.3) is 0 Å². The minimum atomic E-state index is -1.49. The van der Waals surface area contributed by atoms with Gasteiger partial charge in [-0.15, -0.1) is 0 Å². The van der Waals surface area contributed by atoms with Crippen LogP contribution in [0.2, 0.25) is 0 Å². The van der Waals surface area contributed by atoms with E-state index in [2.05, 4.69) is 19.2 Å². The van der Waals surface area contributed by atoms with Crippen molar-refractivity contribution in [3.8, 4) is 0 Å². The molecule has 352 valence electrons. The Labute approximate surface area is 364 Å². The second kappa shape index (κ2) is 40.0. The Hall–Kier alpha value is -0.810. The van der Waals surface area contributed by atoms with Crippen LogP contribution in [0.15, 0.2) is 0 Å². The first kappa shape index (κ1) is 56.2. The van der Waals surface area contributed by atoms with E-state index < -0.39 is 49.0 Å². The first-order valence-corrected chi connectivity index (χ1v) is 25.7. The highest BCUT2D eigenvalue weighted by atomic mass is 16.7. The van der Waals surface area contributed by atoms with Crippen molar-refractivity contribution >= 4 is 5.91 Å². The zero-order valence-corrected chi connectivity index (χ0v) is 38.9. The number of unbranched alkanes of at least 4 members (excludes halogenated alkanes) is 33. The summed E-state index contributed by atoms with van der Waals surface area (Å²) in [6.45, 7) is 5.88. The maximum Gasteiger partial charge on any atom is 0.220 e. The van der Waals surface area contributed by atoms with E-state index in [-0.39, 0.29) is 12.5 Å². The highest BCUT2D eigenvalue weighted by Crippen LogP contribution is 2.23. The summed E-state index contributed by atoms with van der Waals surface area (Å²) in [6.07, 6.45) is 37.1. The van der Waals surface area contributed by atoms with E-state index >= 15 is 0 Å². The van der Waals surface area contributed by atoms with Gasteiger partial charge < -0.3 is 40.3 Å². The SMILES string of the molecule is CCCCCCCCCCCCCCCCCCCCCCCCCC(=O)NC(CO[C@H]1O[C@@H](C)[C@H](O)[C@H](O)[C@H]1O)[C@H](O)[C@H](O)CCCCCCCCCCCCCC. The molecule has 1 unspecified atom stereocenters. The Morgan fingerprint density at radius 2 is 0.847 bits per heavy atom. The molecule has 8 atom stereocenters. The van der Waals surface area contributed by atoms with Crippen LogP contribution in [0.4, 0.5) is 0 Å². The van der Waals surface area contributed by atoms with Gasteiger partial charge in [0.2, 0.25) is 5.91 Å². The van der Waals surface area contributed by atoms with Crippen LogP contribution < -0.4 is 5.32 Å². The van der Waals surface area contributed by atoms with Crippen LogP contribution in [0, 0.1) is 0 Å². The van der Waals surface area contributed by atoms with Gasteiger partial charge in [0, 0.05) is 6.42 Å². The molecular formula is C50H99NO8. The molecule has 1 aliphatic rings. The number of amides is 1. The number of hydrogen-bond donors (Lipinski definition) is 6. The van der Waals surface area contributed by atoms with Crippen molar-refractivity contribution in [3.63, 3.8) is 0 Å². The minimum Gasteiger partial charge on any atom is -0.390 e. The van der Waals surface area contributed by atoms with Gasteiger partial charge in [-0.05, 0) is 19.8 Å². The van der Waals surface area contributed by atoms with Gasteiger partial charge >= 0.3 is 0 Å². The predicted octanol–water partition coefficient (Wildman–Crippen LogP) is 11.5. The predicted molar refractivity (Wildman–Crippen MR) is 244 cm³/mol. The first-order chi connectivity index (χ1) is 28.7. The molecule has 1 amide bonds. The third-order valence-electron chi connectivity index (χ3n) is 12.8. The molecule has 1 fully saturated rings. The summed E-state index contributed by atoms with van der Waals surface area (Å²) < 4.78 is 11.3. The number of rotatable bonds is 43. The van der Waals surface area contributed by atoms with E-state index in [1.165, 1.54) is 186 Å². The lowest BCUT2D eigenvalue weighted by molar-refractivity contribution is -0.295. The molecule has 1 rings (SSSR count). The van der Waals surface area contributed by atoms with Gasteiger partial charge in [-0.25, -0.2) is 0 Å². The highest BCUT2D eigenvalue weighted by molar-refractivity contribution is 5.76. The summed E-state index contributed by atoms with van der Waals surface area (Å²) in [5.74, 6) is -0.215. The Morgan fingerprint density at radius 1 is 0.508 bits per heavy atom. The molecule has 9 nitrogen and oxygen atoms in total. The van der Waals surface area contributed by atoms with Crippen LogP contribution in [0.1, 0.15) is 258 Å². The number of hydrogen-bond acceptors (Lipinski definition) is 8. The second-order valence-corrected chi connectivity index (χ2v) is 18.5. The van der Waals surface area contributed by atoms with Crippen molar-refractivity contribution in [1.29, 1.82) is 0 Å². The smallest absolute Gasteiger partial charge is 0.220 e. The molecule has 0 bridgehead atoms. The van der Waals surface area contributed by atoms with Crippen LogP contribution in [0.3, 0.4) is 0 Å². The largest absolute Gasteiger partial charge is 0.390 e. The molecule has 59 heavy (non-hydrogen) atoms. The Morgan fingerprint density at radius 3 is 1.22 bits per heavy atom. The van der Waals surface area contributed by atoms with Gasteiger partial charge in [-0.3, -0.25) is 4.79 Å².